The van der Waals surface area contributed by atoms with Crippen LogP contribution >= 0.6 is 0 Å². The number of hydrogen-bond donors (Lipinski definition) is 1. The van der Waals surface area contributed by atoms with E-state index < -0.39 is 0 Å². The first kappa shape index (κ1) is 20.6. The number of nitrogens with one attached hydrogen (secondary N) is 1. The third kappa shape index (κ3) is 5.22. The van der Waals surface area contributed by atoms with Crippen LogP contribution in [0.2, 0.25) is 0 Å². The van der Waals surface area contributed by atoms with Gasteiger partial charge in [0.05, 0.1) is 17.6 Å². The monoisotopic (exact) mass is 392 g/mol. The highest BCUT2D eigenvalue weighted by molar-refractivity contribution is 5.81. The maximum atomic E-state index is 12.7. The first-order valence-electron chi connectivity index (χ1n) is 10.1. The van der Waals surface area contributed by atoms with Crippen molar-refractivity contribution in [2.45, 2.75) is 39.8 Å². The molecule has 0 saturated heterocycles. The number of amides is 2. The van der Waals surface area contributed by atoms with Crippen LogP contribution in [0.4, 0.5) is 0 Å². The van der Waals surface area contributed by atoms with Crippen molar-refractivity contribution in [1.82, 2.24) is 19.8 Å². The highest BCUT2D eigenvalue weighted by Gasteiger charge is 2.17. The molecule has 0 aliphatic heterocycles. The average Bonchev–Trinajstić information content (AvgIpc) is 3.10. The number of fused-ring (bicyclic) bond motifs is 1. The molecule has 6 heteroatoms. The fourth-order valence-electron chi connectivity index (χ4n) is 3.42. The minimum absolute atomic E-state index is 0.0254. The molecule has 1 N–H and O–H groups in total. The summed E-state index contributed by atoms with van der Waals surface area (Å²) in [5.74, 6) is 0.720. The lowest BCUT2D eigenvalue weighted by molar-refractivity contribution is -0.131. The van der Waals surface area contributed by atoms with Crippen LogP contribution in [0.5, 0.6) is 0 Å². The molecule has 0 atom stereocenters. The van der Waals surface area contributed by atoms with Gasteiger partial charge < -0.3 is 14.8 Å². The molecule has 0 saturated carbocycles. The van der Waals surface area contributed by atoms with Crippen molar-refractivity contribution in [2.75, 3.05) is 13.1 Å². The highest BCUT2D eigenvalue weighted by atomic mass is 16.2. The molecule has 0 unspecified atom stereocenters. The Morgan fingerprint density at radius 2 is 1.69 bits per heavy atom. The number of aromatic nitrogens is 2. The Bertz CT molecular complexity index is 961. The Labute approximate surface area is 171 Å². The van der Waals surface area contributed by atoms with E-state index >= 15 is 0 Å². The van der Waals surface area contributed by atoms with Crippen molar-refractivity contribution in [1.29, 1.82) is 0 Å². The summed E-state index contributed by atoms with van der Waals surface area (Å²) in [4.78, 5) is 31.4. The van der Waals surface area contributed by atoms with Gasteiger partial charge in [-0.05, 0) is 38.0 Å². The van der Waals surface area contributed by atoms with Gasteiger partial charge in [0.1, 0.15) is 12.4 Å². The van der Waals surface area contributed by atoms with Crippen molar-refractivity contribution < 1.29 is 9.59 Å². The smallest absolute Gasteiger partial charge is 0.242 e. The Morgan fingerprint density at radius 3 is 2.41 bits per heavy atom. The summed E-state index contributed by atoms with van der Waals surface area (Å²) < 4.78 is 1.91. The molecule has 2 amide bonds. The minimum Gasteiger partial charge on any atom is -0.349 e. The molecule has 0 aliphatic carbocycles. The fraction of sp³-hybridized carbons (Fsp3) is 0.348. The SMILES string of the molecule is CCN(CC)C(=O)Cn1c(CNC(=O)CCc2ccccc2)nc2ccccc21. The molecule has 1 heterocycles. The predicted octanol–water partition coefficient (Wildman–Crippen LogP) is 3.15. The summed E-state index contributed by atoms with van der Waals surface area (Å²) in [7, 11) is 0. The molecular weight excluding hydrogens is 364 g/mol. The van der Waals surface area contributed by atoms with E-state index in [9.17, 15) is 9.59 Å². The van der Waals surface area contributed by atoms with Gasteiger partial charge in [-0.1, -0.05) is 42.5 Å². The van der Waals surface area contributed by atoms with Gasteiger partial charge in [-0.15, -0.1) is 0 Å². The maximum absolute atomic E-state index is 12.7. The third-order valence-corrected chi connectivity index (χ3v) is 5.07. The first-order chi connectivity index (χ1) is 14.1. The topological polar surface area (TPSA) is 67.2 Å². The van der Waals surface area contributed by atoms with Crippen LogP contribution in [-0.2, 0) is 29.1 Å². The lowest BCUT2D eigenvalue weighted by atomic mass is 10.1. The molecule has 0 fully saturated rings. The van der Waals surface area contributed by atoms with Crippen LogP contribution in [0, 0.1) is 0 Å². The van der Waals surface area contributed by atoms with E-state index in [1.165, 1.54) is 0 Å². The van der Waals surface area contributed by atoms with Gasteiger partial charge in [0, 0.05) is 19.5 Å². The van der Waals surface area contributed by atoms with E-state index in [2.05, 4.69) is 10.3 Å². The molecule has 0 aliphatic rings. The average molecular weight is 393 g/mol. The number of carbonyl (C=O) groups excluding carboxylic acids is 2. The molecule has 3 aromatic rings. The molecule has 0 radical (unpaired) electrons. The predicted molar refractivity (Wildman–Crippen MR) is 114 cm³/mol. The van der Waals surface area contributed by atoms with Gasteiger partial charge in [-0.25, -0.2) is 4.98 Å². The first-order valence-corrected chi connectivity index (χ1v) is 10.1. The van der Waals surface area contributed by atoms with Gasteiger partial charge in [0.15, 0.2) is 0 Å². The molecule has 3 rings (SSSR count). The maximum Gasteiger partial charge on any atom is 0.242 e. The second kappa shape index (κ2) is 9.87. The number of rotatable bonds is 9. The zero-order valence-corrected chi connectivity index (χ0v) is 17.1. The second-order valence-electron chi connectivity index (χ2n) is 6.93. The summed E-state index contributed by atoms with van der Waals surface area (Å²) in [6, 6.07) is 17.7. The standard InChI is InChI=1S/C23H28N4O2/c1-3-26(4-2)23(29)17-27-20-13-9-8-12-19(20)25-21(27)16-24-22(28)15-14-18-10-6-5-7-11-18/h5-13H,3-4,14-17H2,1-2H3,(H,24,28). The van der Waals surface area contributed by atoms with Crippen LogP contribution < -0.4 is 5.32 Å². The van der Waals surface area contributed by atoms with Crippen LogP contribution in [-0.4, -0.2) is 39.4 Å². The number of imidazole rings is 1. The van der Waals surface area contributed by atoms with E-state index in [-0.39, 0.29) is 18.4 Å². The summed E-state index contributed by atoms with van der Waals surface area (Å²) in [5, 5.41) is 2.95. The van der Waals surface area contributed by atoms with Crippen molar-refractivity contribution >= 4 is 22.8 Å². The summed E-state index contributed by atoms with van der Waals surface area (Å²) in [6.07, 6.45) is 1.12. The van der Waals surface area contributed by atoms with Gasteiger partial charge in [0.2, 0.25) is 11.8 Å². The summed E-state index contributed by atoms with van der Waals surface area (Å²) in [6.45, 7) is 5.81. The number of para-hydroxylation sites is 2. The van der Waals surface area contributed by atoms with E-state index in [0.717, 1.165) is 16.6 Å². The number of carbonyl (C=O) groups is 2. The third-order valence-electron chi connectivity index (χ3n) is 5.07. The Kier molecular flexibility index (Phi) is 7.00. The zero-order chi connectivity index (χ0) is 20.6. The van der Waals surface area contributed by atoms with Gasteiger partial charge in [-0.2, -0.15) is 0 Å². The van der Waals surface area contributed by atoms with Gasteiger partial charge in [0.25, 0.3) is 0 Å². The van der Waals surface area contributed by atoms with E-state index in [1.807, 2.05) is 73.0 Å². The fourth-order valence-corrected chi connectivity index (χ4v) is 3.42. The molecule has 1 aromatic heterocycles. The van der Waals surface area contributed by atoms with Crippen LogP contribution in [0.15, 0.2) is 54.6 Å². The molecule has 2 aromatic carbocycles. The van der Waals surface area contributed by atoms with Crippen molar-refractivity contribution in [3.63, 3.8) is 0 Å². The van der Waals surface area contributed by atoms with E-state index in [0.29, 0.717) is 38.3 Å². The van der Waals surface area contributed by atoms with Crippen LogP contribution in [0.1, 0.15) is 31.7 Å². The molecule has 6 nitrogen and oxygen atoms in total. The zero-order valence-electron chi connectivity index (χ0n) is 17.1. The Balaban J connectivity index is 1.69. The number of aryl methyl sites for hydroxylation is 1. The highest BCUT2D eigenvalue weighted by Crippen LogP contribution is 2.16. The van der Waals surface area contributed by atoms with Crippen molar-refractivity contribution in [3.05, 3.63) is 66.0 Å². The number of benzene rings is 2. The number of likely N-dealkylation sites (N-methyl/N-ethyl adjacent to an activating group) is 1. The van der Waals surface area contributed by atoms with Crippen LogP contribution in [0.25, 0.3) is 11.0 Å². The van der Waals surface area contributed by atoms with Crippen LogP contribution in [0.3, 0.4) is 0 Å². The van der Waals surface area contributed by atoms with Gasteiger partial charge >= 0.3 is 0 Å². The van der Waals surface area contributed by atoms with Gasteiger partial charge in [-0.3, -0.25) is 9.59 Å². The normalized spacial score (nSPS) is 10.8. The lowest BCUT2D eigenvalue weighted by Gasteiger charge is -2.20. The van der Waals surface area contributed by atoms with E-state index in [1.54, 1.807) is 4.90 Å². The molecule has 0 bridgehead atoms. The van der Waals surface area contributed by atoms with Crippen molar-refractivity contribution in [3.8, 4) is 0 Å². The second-order valence-corrected chi connectivity index (χ2v) is 6.93. The lowest BCUT2D eigenvalue weighted by Crippen LogP contribution is -2.34. The molecule has 29 heavy (non-hydrogen) atoms. The van der Waals surface area contributed by atoms with Crippen molar-refractivity contribution in [2.24, 2.45) is 0 Å². The molecule has 0 spiro atoms. The number of hydrogen-bond acceptors (Lipinski definition) is 3. The Hall–Kier alpha value is -3.15. The quantitative estimate of drug-likeness (QED) is 0.608. The summed E-state index contributed by atoms with van der Waals surface area (Å²) >= 11 is 0. The molecule has 152 valence electrons. The summed E-state index contributed by atoms with van der Waals surface area (Å²) in [5.41, 5.74) is 2.87. The number of nitrogens with zero attached hydrogens (tertiary/aromatic N) is 3. The molecular formula is C23H28N4O2. The van der Waals surface area contributed by atoms with E-state index in [4.69, 9.17) is 0 Å². The minimum atomic E-state index is -0.0254. The Morgan fingerprint density at radius 1 is 1.00 bits per heavy atom. The largest absolute Gasteiger partial charge is 0.349 e.